The summed E-state index contributed by atoms with van der Waals surface area (Å²) in [4.78, 5) is 2.26. The minimum absolute atomic E-state index is 0.710. The zero-order valence-electron chi connectivity index (χ0n) is 6.72. The summed E-state index contributed by atoms with van der Waals surface area (Å²) >= 11 is 2.14. The average molecular weight is 272 g/mol. The van der Waals surface area contributed by atoms with Crippen LogP contribution in [0.25, 0.3) is 0 Å². The van der Waals surface area contributed by atoms with Crippen LogP contribution in [0.1, 0.15) is 0 Å². The van der Waals surface area contributed by atoms with Crippen molar-refractivity contribution >= 4 is 22.9 Å². The molecule has 11 heavy (non-hydrogen) atoms. The van der Waals surface area contributed by atoms with Crippen LogP contribution in [0.15, 0.2) is 0 Å². The van der Waals surface area contributed by atoms with E-state index in [9.17, 15) is 0 Å². The lowest BCUT2D eigenvalue weighted by molar-refractivity contribution is 0.295. The van der Waals surface area contributed by atoms with E-state index in [-0.39, 0.29) is 0 Å². The smallest absolute Gasteiger partial charge is 0.0178 e. The predicted octanol–water partition coefficient (Wildman–Crippen LogP) is -0.855. The zero-order chi connectivity index (χ0) is 8.53. The van der Waals surface area contributed by atoms with Crippen molar-refractivity contribution in [3.63, 3.8) is 0 Å². The third-order valence-electron chi connectivity index (χ3n) is 1.41. The van der Waals surface area contributed by atoms with Crippen LogP contribution < -0.4 is 15.0 Å². The molecule has 0 fully saturated rings. The van der Waals surface area contributed by atoms with Crippen LogP contribution >= 0.6 is 22.9 Å². The summed E-state index contributed by atoms with van der Waals surface area (Å²) in [6.07, 6.45) is 0. The van der Waals surface area contributed by atoms with E-state index >= 15 is 0 Å². The Hall–Kier alpha value is 0.570. The van der Waals surface area contributed by atoms with Crippen LogP contribution in [0, 0.1) is 0 Å². The Morgan fingerprint density at radius 3 is 2.00 bits per heavy atom. The summed E-state index contributed by atoms with van der Waals surface area (Å²) in [7, 11) is 0. The topological polar surface area (TPSA) is 67.3 Å². The second-order valence-electron chi connectivity index (χ2n) is 2.30. The van der Waals surface area contributed by atoms with Crippen LogP contribution in [0.2, 0.25) is 0 Å². The molecule has 0 aliphatic heterocycles. The van der Waals surface area contributed by atoms with Crippen LogP contribution in [0.5, 0.6) is 0 Å². The van der Waals surface area contributed by atoms with Crippen LogP contribution in [-0.2, 0) is 0 Å². The Bertz CT molecular complexity index is 75.0. The van der Waals surface area contributed by atoms with E-state index in [0.717, 1.165) is 26.2 Å². The Morgan fingerprint density at radius 1 is 1.09 bits per heavy atom. The zero-order valence-corrected chi connectivity index (χ0v) is 8.88. The first-order valence-corrected chi connectivity index (χ1v) is 4.89. The summed E-state index contributed by atoms with van der Waals surface area (Å²) in [6.45, 7) is 5.31. The van der Waals surface area contributed by atoms with Gasteiger partial charge >= 0.3 is 0 Å². The Kier molecular flexibility index (Phi) is 9.11. The van der Waals surface area contributed by atoms with E-state index in [1.54, 1.807) is 0 Å². The molecule has 0 aliphatic rings. The molecule has 0 spiro atoms. The quantitative estimate of drug-likeness (QED) is 0.417. The molecule has 4 nitrogen and oxygen atoms in total. The van der Waals surface area contributed by atoms with Gasteiger partial charge in [0.2, 0.25) is 0 Å². The van der Waals surface area contributed by atoms with Crippen molar-refractivity contribution in [3.05, 3.63) is 0 Å². The van der Waals surface area contributed by atoms with Crippen LogP contribution in [0.4, 0.5) is 0 Å². The monoisotopic (exact) mass is 272 g/mol. The first-order chi connectivity index (χ1) is 5.35. The third kappa shape index (κ3) is 6.95. The van der Waals surface area contributed by atoms with Gasteiger partial charge in [0, 0.05) is 62.1 Å². The van der Waals surface area contributed by atoms with Crippen molar-refractivity contribution < 1.29 is 0 Å². The van der Waals surface area contributed by atoms with Gasteiger partial charge in [-0.25, -0.2) is 0 Å². The Labute approximate surface area is 82.2 Å². The molecule has 68 valence electrons. The fraction of sp³-hybridized carbons (Fsp3) is 1.00. The van der Waals surface area contributed by atoms with Gasteiger partial charge in [0.25, 0.3) is 0 Å². The normalized spacial score (nSPS) is 10.9. The first-order valence-electron chi connectivity index (χ1n) is 3.81. The largest absolute Gasteiger partial charge is 0.329 e. The van der Waals surface area contributed by atoms with Crippen molar-refractivity contribution in [1.29, 1.82) is 0 Å². The molecule has 0 aromatic heterocycles. The van der Waals surface area contributed by atoms with Gasteiger partial charge in [-0.15, -0.1) is 0 Å². The maximum Gasteiger partial charge on any atom is 0.0178 e. The summed E-state index contributed by atoms with van der Waals surface area (Å²) in [5.74, 6) is 0. The van der Waals surface area contributed by atoms with Crippen LogP contribution in [-0.4, -0.2) is 44.2 Å². The van der Waals surface area contributed by atoms with Gasteiger partial charge in [-0.1, -0.05) is 0 Å². The van der Waals surface area contributed by atoms with Crippen molar-refractivity contribution in [3.8, 4) is 0 Å². The van der Waals surface area contributed by atoms with Crippen molar-refractivity contribution in [2.75, 3.05) is 39.3 Å². The molecule has 0 rings (SSSR count). The van der Waals surface area contributed by atoms with Gasteiger partial charge < -0.3 is 11.5 Å². The molecule has 5 heteroatoms. The number of halogens is 1. The average Bonchev–Trinajstić information content (AvgIpc) is 2.01. The molecule has 0 heterocycles. The van der Waals surface area contributed by atoms with E-state index in [4.69, 9.17) is 11.5 Å². The van der Waals surface area contributed by atoms with Crippen molar-refractivity contribution in [1.82, 2.24) is 8.43 Å². The summed E-state index contributed by atoms with van der Waals surface area (Å²) in [5, 5.41) is 0. The molecule has 0 atom stereocenters. The highest BCUT2D eigenvalue weighted by molar-refractivity contribution is 14.1. The molecule has 0 aromatic rings. The number of rotatable bonds is 7. The van der Waals surface area contributed by atoms with E-state index in [1.165, 1.54) is 0 Å². The Balaban J connectivity index is 3.34. The highest BCUT2D eigenvalue weighted by Gasteiger charge is 2.00. The lowest BCUT2D eigenvalue weighted by Crippen LogP contribution is -2.37. The Morgan fingerprint density at radius 2 is 1.64 bits per heavy atom. The summed E-state index contributed by atoms with van der Waals surface area (Å²) in [6, 6.07) is 0. The van der Waals surface area contributed by atoms with Gasteiger partial charge in [0.1, 0.15) is 0 Å². The standard InChI is InChI=1S/C6H17IN4/c7-10-3-6-11(4-1-8)5-2-9/h10H,1-6,8-9H2. The molecule has 0 saturated heterocycles. The van der Waals surface area contributed by atoms with Gasteiger partial charge in [-0.05, 0) is 0 Å². The highest BCUT2D eigenvalue weighted by atomic mass is 127. The first kappa shape index (κ1) is 11.6. The number of nitrogens with zero attached hydrogens (tertiary/aromatic N) is 1. The van der Waals surface area contributed by atoms with E-state index in [0.29, 0.717) is 13.1 Å². The lowest BCUT2D eigenvalue weighted by atomic mass is 10.4. The molecule has 0 aliphatic carbocycles. The molecule has 0 amide bonds. The lowest BCUT2D eigenvalue weighted by Gasteiger charge is -2.19. The van der Waals surface area contributed by atoms with E-state index in [1.807, 2.05) is 0 Å². The molecule has 0 saturated carbocycles. The predicted molar refractivity (Wildman–Crippen MR) is 56.6 cm³/mol. The minimum atomic E-state index is 0.710. The van der Waals surface area contributed by atoms with Gasteiger partial charge in [-0.2, -0.15) is 0 Å². The second-order valence-corrected chi connectivity index (χ2v) is 3.07. The molecular formula is C6H17IN4. The van der Waals surface area contributed by atoms with E-state index in [2.05, 4.69) is 31.3 Å². The molecule has 0 bridgehead atoms. The number of nitrogens with one attached hydrogen (secondary N) is 1. The highest BCUT2D eigenvalue weighted by Crippen LogP contribution is 1.84. The van der Waals surface area contributed by atoms with Crippen molar-refractivity contribution in [2.24, 2.45) is 11.5 Å². The maximum absolute atomic E-state index is 5.43. The number of hydrogen-bond donors (Lipinski definition) is 3. The number of hydrogen-bond acceptors (Lipinski definition) is 4. The third-order valence-corrected chi connectivity index (χ3v) is 1.95. The van der Waals surface area contributed by atoms with Gasteiger partial charge in [-0.3, -0.25) is 8.43 Å². The van der Waals surface area contributed by atoms with E-state index < -0.39 is 0 Å². The number of nitrogens with two attached hydrogens (primary N) is 2. The maximum atomic E-state index is 5.43. The summed E-state index contributed by atoms with van der Waals surface area (Å²) < 4.78 is 3.06. The summed E-state index contributed by atoms with van der Waals surface area (Å²) in [5.41, 5.74) is 10.9. The van der Waals surface area contributed by atoms with Crippen molar-refractivity contribution in [2.45, 2.75) is 0 Å². The molecule has 5 N–H and O–H groups in total. The van der Waals surface area contributed by atoms with Gasteiger partial charge in [0.15, 0.2) is 0 Å². The molecule has 0 unspecified atom stereocenters. The SMILES string of the molecule is NCCN(CCN)CCNI. The fourth-order valence-corrected chi connectivity index (χ4v) is 1.14. The molecule has 0 aromatic carbocycles. The fourth-order valence-electron chi connectivity index (χ4n) is 0.901. The minimum Gasteiger partial charge on any atom is -0.329 e. The second kappa shape index (κ2) is 8.66. The van der Waals surface area contributed by atoms with Crippen LogP contribution in [0.3, 0.4) is 0 Å². The van der Waals surface area contributed by atoms with Gasteiger partial charge in [0.05, 0.1) is 0 Å². The molecule has 0 radical (unpaired) electrons. The molecular weight excluding hydrogens is 255 g/mol.